The first-order valence-electron chi connectivity index (χ1n) is 7.85. The molecule has 0 aromatic heterocycles. The number of fused-ring (bicyclic) bond motifs is 1. The normalized spacial score (nSPS) is 28.7. The zero-order valence-electron chi connectivity index (χ0n) is 13.1. The van der Waals surface area contributed by atoms with Crippen molar-refractivity contribution in [3.05, 3.63) is 29.3 Å². The average molecular weight is 290 g/mol. The lowest BCUT2D eigenvalue weighted by Gasteiger charge is -2.47. The van der Waals surface area contributed by atoms with Crippen LogP contribution < -0.4 is 10.5 Å². The molecule has 1 saturated heterocycles. The maximum Gasteiger partial charge on any atom is 0.119 e. The number of aryl methyl sites for hydroxylation is 1. The summed E-state index contributed by atoms with van der Waals surface area (Å²) < 4.78 is 10.9. The first kappa shape index (κ1) is 14.8. The molecular formula is C17H26N2O2. The van der Waals surface area contributed by atoms with Crippen molar-refractivity contribution in [3.8, 4) is 5.75 Å². The van der Waals surface area contributed by atoms with Crippen LogP contribution in [0, 0.1) is 0 Å². The van der Waals surface area contributed by atoms with Crippen molar-refractivity contribution in [1.29, 1.82) is 0 Å². The van der Waals surface area contributed by atoms with E-state index < -0.39 is 0 Å². The van der Waals surface area contributed by atoms with Crippen LogP contribution in [-0.4, -0.2) is 50.4 Å². The second-order valence-corrected chi connectivity index (χ2v) is 6.37. The van der Waals surface area contributed by atoms with Crippen molar-refractivity contribution >= 4 is 0 Å². The van der Waals surface area contributed by atoms with Crippen molar-refractivity contribution in [2.75, 3.05) is 33.9 Å². The zero-order valence-corrected chi connectivity index (χ0v) is 13.1. The molecule has 2 atom stereocenters. The highest BCUT2D eigenvalue weighted by molar-refractivity contribution is 5.39. The number of methoxy groups -OCH3 is 1. The lowest BCUT2D eigenvalue weighted by atomic mass is 9.76. The first-order valence-corrected chi connectivity index (χ1v) is 7.85. The van der Waals surface area contributed by atoms with Crippen LogP contribution in [0.5, 0.6) is 5.75 Å². The molecule has 0 bridgehead atoms. The van der Waals surface area contributed by atoms with Crippen molar-refractivity contribution in [1.82, 2.24) is 4.90 Å². The fourth-order valence-corrected chi connectivity index (χ4v) is 3.78. The van der Waals surface area contributed by atoms with Crippen molar-refractivity contribution in [2.45, 2.75) is 37.3 Å². The number of rotatable bonds is 4. The van der Waals surface area contributed by atoms with Crippen molar-refractivity contribution < 1.29 is 9.47 Å². The SMILES string of the molecule is COc1ccc2c(c1)CC(CN)(N(C)C1CCOC1)CC2. The van der Waals surface area contributed by atoms with Gasteiger partial charge in [0.1, 0.15) is 5.75 Å². The molecule has 1 aromatic rings. The molecule has 0 spiro atoms. The van der Waals surface area contributed by atoms with Gasteiger partial charge in [-0.15, -0.1) is 0 Å². The summed E-state index contributed by atoms with van der Waals surface area (Å²) in [5.41, 5.74) is 9.10. The Bertz CT molecular complexity index is 500. The molecule has 116 valence electrons. The quantitative estimate of drug-likeness (QED) is 0.915. The molecule has 1 fully saturated rings. The van der Waals surface area contributed by atoms with E-state index in [9.17, 15) is 0 Å². The molecule has 2 N–H and O–H groups in total. The standard InChI is InChI=1S/C17H26N2O2/c1-19(15-6-8-21-11-15)17(12-18)7-5-13-3-4-16(20-2)9-14(13)10-17/h3-4,9,15H,5-8,10-12,18H2,1-2H3. The Morgan fingerprint density at radius 2 is 2.29 bits per heavy atom. The van der Waals surface area contributed by atoms with E-state index in [4.69, 9.17) is 15.2 Å². The highest BCUT2D eigenvalue weighted by atomic mass is 16.5. The Kier molecular flexibility index (Phi) is 4.20. The van der Waals surface area contributed by atoms with Crippen LogP contribution >= 0.6 is 0 Å². The van der Waals surface area contributed by atoms with Crippen LogP contribution in [0.1, 0.15) is 24.0 Å². The molecule has 4 nitrogen and oxygen atoms in total. The molecule has 1 aromatic carbocycles. The molecule has 1 aliphatic carbocycles. The lowest BCUT2D eigenvalue weighted by molar-refractivity contribution is 0.0549. The highest BCUT2D eigenvalue weighted by Crippen LogP contribution is 2.35. The van der Waals surface area contributed by atoms with Gasteiger partial charge in [0.15, 0.2) is 0 Å². The third-order valence-corrected chi connectivity index (χ3v) is 5.37. The molecular weight excluding hydrogens is 264 g/mol. The Labute approximate surface area is 127 Å². The van der Waals surface area contributed by atoms with Gasteiger partial charge < -0.3 is 15.2 Å². The summed E-state index contributed by atoms with van der Waals surface area (Å²) in [6.45, 7) is 2.40. The number of benzene rings is 1. The topological polar surface area (TPSA) is 47.7 Å². The van der Waals surface area contributed by atoms with Crippen LogP contribution in [0.3, 0.4) is 0 Å². The van der Waals surface area contributed by atoms with Gasteiger partial charge in [0.05, 0.1) is 13.7 Å². The van der Waals surface area contributed by atoms with Crippen LogP contribution in [0.25, 0.3) is 0 Å². The maximum absolute atomic E-state index is 6.22. The predicted octanol–water partition coefficient (Wildman–Crippen LogP) is 1.60. The summed E-state index contributed by atoms with van der Waals surface area (Å²) in [5.74, 6) is 0.938. The van der Waals surface area contributed by atoms with Crippen LogP contribution in [-0.2, 0) is 17.6 Å². The van der Waals surface area contributed by atoms with E-state index in [1.807, 2.05) is 0 Å². The van der Waals surface area contributed by atoms with E-state index in [1.54, 1.807) is 7.11 Å². The Morgan fingerprint density at radius 1 is 1.43 bits per heavy atom. The third-order valence-electron chi connectivity index (χ3n) is 5.37. The first-order chi connectivity index (χ1) is 10.2. The minimum absolute atomic E-state index is 0.0533. The summed E-state index contributed by atoms with van der Waals surface area (Å²) in [7, 11) is 3.94. The molecule has 0 saturated carbocycles. The second-order valence-electron chi connectivity index (χ2n) is 6.37. The van der Waals surface area contributed by atoms with Gasteiger partial charge in [-0.1, -0.05) is 6.07 Å². The number of nitrogens with two attached hydrogens (primary N) is 1. The minimum atomic E-state index is 0.0533. The van der Waals surface area contributed by atoms with Gasteiger partial charge in [0.2, 0.25) is 0 Å². The van der Waals surface area contributed by atoms with Crippen LogP contribution in [0.4, 0.5) is 0 Å². The predicted molar refractivity (Wildman–Crippen MR) is 83.8 cm³/mol. The molecule has 4 heteroatoms. The zero-order chi connectivity index (χ0) is 14.9. The minimum Gasteiger partial charge on any atom is -0.497 e. The Hall–Kier alpha value is -1.10. The van der Waals surface area contributed by atoms with Gasteiger partial charge >= 0.3 is 0 Å². The fourth-order valence-electron chi connectivity index (χ4n) is 3.78. The molecule has 2 aliphatic rings. The molecule has 0 amide bonds. The molecule has 1 heterocycles. The number of ether oxygens (including phenoxy) is 2. The van der Waals surface area contributed by atoms with Crippen molar-refractivity contribution in [3.63, 3.8) is 0 Å². The fraction of sp³-hybridized carbons (Fsp3) is 0.647. The van der Waals surface area contributed by atoms with E-state index in [1.165, 1.54) is 11.1 Å². The summed E-state index contributed by atoms with van der Waals surface area (Å²) >= 11 is 0. The Morgan fingerprint density at radius 3 is 2.95 bits per heavy atom. The van der Waals surface area contributed by atoms with E-state index in [2.05, 4.69) is 30.1 Å². The summed E-state index contributed by atoms with van der Waals surface area (Å²) in [4.78, 5) is 2.49. The van der Waals surface area contributed by atoms with Gasteiger partial charge in [-0.2, -0.15) is 0 Å². The molecule has 0 radical (unpaired) electrons. The summed E-state index contributed by atoms with van der Waals surface area (Å²) in [5, 5.41) is 0. The number of hydrogen-bond donors (Lipinski definition) is 1. The van der Waals surface area contributed by atoms with E-state index >= 15 is 0 Å². The van der Waals surface area contributed by atoms with Crippen LogP contribution in [0.2, 0.25) is 0 Å². The van der Waals surface area contributed by atoms with Crippen LogP contribution in [0.15, 0.2) is 18.2 Å². The van der Waals surface area contributed by atoms with Gasteiger partial charge in [-0.25, -0.2) is 0 Å². The molecule has 1 aliphatic heterocycles. The van der Waals surface area contributed by atoms with Crippen molar-refractivity contribution in [2.24, 2.45) is 5.73 Å². The number of hydrogen-bond acceptors (Lipinski definition) is 4. The maximum atomic E-state index is 6.22. The monoisotopic (exact) mass is 290 g/mol. The Balaban J connectivity index is 1.86. The number of nitrogens with zero attached hydrogens (tertiary/aromatic N) is 1. The second kappa shape index (κ2) is 5.95. The van der Waals surface area contributed by atoms with E-state index in [0.717, 1.165) is 44.6 Å². The largest absolute Gasteiger partial charge is 0.497 e. The summed E-state index contributed by atoms with van der Waals surface area (Å²) in [6.07, 6.45) is 4.33. The van der Waals surface area contributed by atoms with Gasteiger partial charge in [0.25, 0.3) is 0 Å². The van der Waals surface area contributed by atoms with Gasteiger partial charge in [-0.3, -0.25) is 4.90 Å². The molecule has 2 unspecified atom stereocenters. The van der Waals surface area contributed by atoms with Gasteiger partial charge in [-0.05, 0) is 56.0 Å². The smallest absolute Gasteiger partial charge is 0.119 e. The molecule has 3 rings (SSSR count). The van der Waals surface area contributed by atoms with Gasteiger partial charge in [0, 0.05) is 24.7 Å². The average Bonchev–Trinajstić information content (AvgIpc) is 3.07. The molecule has 21 heavy (non-hydrogen) atoms. The third kappa shape index (κ3) is 2.68. The van der Waals surface area contributed by atoms with E-state index in [-0.39, 0.29) is 5.54 Å². The lowest BCUT2D eigenvalue weighted by Crippen LogP contribution is -2.59. The van der Waals surface area contributed by atoms with E-state index in [0.29, 0.717) is 12.6 Å². The highest BCUT2D eigenvalue weighted by Gasteiger charge is 2.40. The summed E-state index contributed by atoms with van der Waals surface area (Å²) in [6, 6.07) is 6.94. The number of likely N-dealkylation sites (N-methyl/N-ethyl adjacent to an activating group) is 1.